The third-order valence-electron chi connectivity index (χ3n) is 5.22. The van der Waals surface area contributed by atoms with E-state index in [0.717, 1.165) is 10.9 Å². The zero-order chi connectivity index (χ0) is 17.0. The van der Waals surface area contributed by atoms with Crippen LogP contribution in [0, 0.1) is 5.82 Å². The molecule has 0 radical (unpaired) electrons. The van der Waals surface area contributed by atoms with E-state index in [1.165, 1.54) is 6.07 Å². The van der Waals surface area contributed by atoms with Gasteiger partial charge < -0.3 is 9.31 Å². The van der Waals surface area contributed by atoms with Crippen molar-refractivity contribution in [1.29, 1.82) is 0 Å². The molecule has 2 nitrogen and oxygen atoms in total. The molecule has 0 N–H and O–H groups in total. The van der Waals surface area contributed by atoms with E-state index in [1.807, 2.05) is 27.7 Å². The molecule has 1 aromatic rings. The summed E-state index contributed by atoms with van der Waals surface area (Å²) in [5.74, 6) is -0.552. The molecule has 23 heavy (non-hydrogen) atoms. The van der Waals surface area contributed by atoms with Crippen LogP contribution in [-0.2, 0) is 9.31 Å². The van der Waals surface area contributed by atoms with Gasteiger partial charge in [0.15, 0.2) is 0 Å². The van der Waals surface area contributed by atoms with Crippen molar-refractivity contribution in [3.8, 4) is 0 Å². The molecule has 1 aromatic carbocycles. The number of benzene rings is 1. The molecule has 6 heteroatoms. The number of halogens is 3. The molecular weight excluding hydrogens is 365 g/mol. The molecule has 1 unspecified atom stereocenters. The fraction of sp³-hybridized carbons (Fsp3) is 0.529. The molecule has 1 saturated heterocycles. The minimum absolute atomic E-state index is 0.244. The molecule has 1 aliphatic carbocycles. The second-order valence-corrected chi connectivity index (χ2v) is 8.13. The molecule has 124 valence electrons. The van der Waals surface area contributed by atoms with E-state index < -0.39 is 24.0 Å². The van der Waals surface area contributed by atoms with E-state index >= 15 is 0 Å². The maximum absolute atomic E-state index is 14.9. The van der Waals surface area contributed by atoms with Crippen LogP contribution in [0.1, 0.15) is 52.0 Å². The summed E-state index contributed by atoms with van der Waals surface area (Å²) in [7, 11) is -1.01. The Morgan fingerprint density at radius 3 is 2.35 bits per heavy atom. The van der Waals surface area contributed by atoms with Gasteiger partial charge in [0.25, 0.3) is 0 Å². The fourth-order valence-corrected chi connectivity index (χ4v) is 3.32. The lowest BCUT2D eigenvalue weighted by atomic mass is 9.69. The maximum Gasteiger partial charge on any atom is 0.525 e. The van der Waals surface area contributed by atoms with E-state index in [0.29, 0.717) is 17.6 Å². The summed E-state index contributed by atoms with van der Waals surface area (Å²) in [5.41, 5.74) is -0.474. The van der Waals surface area contributed by atoms with Crippen molar-refractivity contribution in [1.82, 2.24) is 0 Å². The highest BCUT2D eigenvalue weighted by Crippen LogP contribution is 2.48. The lowest BCUT2D eigenvalue weighted by Crippen LogP contribution is -2.41. The molecule has 0 amide bonds. The van der Waals surface area contributed by atoms with Crippen molar-refractivity contribution in [2.24, 2.45) is 0 Å². The molecule has 0 bridgehead atoms. The Hall–Kier alpha value is -0.715. The highest BCUT2D eigenvalue weighted by molar-refractivity contribution is 9.10. The van der Waals surface area contributed by atoms with Crippen LogP contribution in [0.3, 0.4) is 0 Å². The first-order valence-corrected chi connectivity index (χ1v) is 8.61. The van der Waals surface area contributed by atoms with E-state index in [2.05, 4.69) is 15.9 Å². The van der Waals surface area contributed by atoms with Crippen molar-refractivity contribution in [3.63, 3.8) is 0 Å². The lowest BCUT2D eigenvalue weighted by Gasteiger charge is -2.32. The van der Waals surface area contributed by atoms with Crippen LogP contribution in [0.2, 0.25) is 0 Å². The SMILES string of the molecule is CC1(C)OB(C(F)=C2CCC2c2cc(Br)ccc2F)OC1(C)C. The Morgan fingerprint density at radius 2 is 1.83 bits per heavy atom. The standard InChI is InChI=1S/C17H20BBrF2O2/c1-16(2)17(3,4)23-18(22-16)15(21)12-7-6-11(12)13-9-10(19)5-8-14(13)20/h5,8-9,11H,6-7H2,1-4H3. The van der Waals surface area contributed by atoms with Crippen molar-refractivity contribution >= 4 is 23.0 Å². The normalized spacial score (nSPS) is 27.8. The first-order valence-electron chi connectivity index (χ1n) is 7.81. The van der Waals surface area contributed by atoms with Crippen LogP contribution >= 0.6 is 15.9 Å². The van der Waals surface area contributed by atoms with Gasteiger partial charge in [-0.3, -0.25) is 0 Å². The van der Waals surface area contributed by atoms with Crippen molar-refractivity contribution in [2.75, 3.05) is 0 Å². The molecule has 0 spiro atoms. The Kier molecular flexibility index (Phi) is 4.22. The number of allylic oxidation sites excluding steroid dienone is 1. The minimum Gasteiger partial charge on any atom is -0.398 e. The van der Waals surface area contributed by atoms with Gasteiger partial charge in [-0.1, -0.05) is 15.9 Å². The molecular formula is C17H20BBrF2O2. The topological polar surface area (TPSA) is 18.5 Å². The van der Waals surface area contributed by atoms with E-state index in [4.69, 9.17) is 9.31 Å². The summed E-state index contributed by atoms with van der Waals surface area (Å²) in [4.78, 5) is 0. The summed E-state index contributed by atoms with van der Waals surface area (Å²) < 4.78 is 41.3. The maximum atomic E-state index is 14.9. The first kappa shape index (κ1) is 17.1. The smallest absolute Gasteiger partial charge is 0.398 e. The quantitative estimate of drug-likeness (QED) is 0.642. The van der Waals surface area contributed by atoms with E-state index in [9.17, 15) is 8.78 Å². The van der Waals surface area contributed by atoms with Gasteiger partial charge in [0, 0.05) is 10.4 Å². The monoisotopic (exact) mass is 384 g/mol. The second kappa shape index (κ2) is 5.68. The van der Waals surface area contributed by atoms with E-state index in [-0.39, 0.29) is 11.7 Å². The van der Waals surface area contributed by atoms with Crippen LogP contribution in [-0.4, -0.2) is 18.3 Å². The van der Waals surface area contributed by atoms with Gasteiger partial charge in [0.2, 0.25) is 0 Å². The van der Waals surface area contributed by atoms with Gasteiger partial charge in [-0.2, -0.15) is 0 Å². The number of rotatable bonds is 2. The zero-order valence-electron chi connectivity index (χ0n) is 13.8. The predicted octanol–water partition coefficient (Wildman–Crippen LogP) is 5.32. The van der Waals surface area contributed by atoms with Gasteiger partial charge in [-0.05, 0) is 69.9 Å². The van der Waals surface area contributed by atoms with E-state index in [1.54, 1.807) is 12.1 Å². The molecule has 1 heterocycles. The lowest BCUT2D eigenvalue weighted by molar-refractivity contribution is 0.00578. The zero-order valence-corrected chi connectivity index (χ0v) is 15.3. The largest absolute Gasteiger partial charge is 0.525 e. The van der Waals surface area contributed by atoms with Crippen LogP contribution < -0.4 is 0 Å². The predicted molar refractivity (Wildman–Crippen MR) is 90.3 cm³/mol. The third kappa shape index (κ3) is 2.90. The van der Waals surface area contributed by atoms with Crippen LogP contribution in [0.4, 0.5) is 8.78 Å². The molecule has 0 aromatic heterocycles. The highest BCUT2D eigenvalue weighted by atomic mass is 79.9. The minimum atomic E-state index is -1.01. The Labute approximate surface area is 144 Å². The third-order valence-corrected chi connectivity index (χ3v) is 5.72. The average Bonchev–Trinajstić information content (AvgIpc) is 2.62. The number of hydrogen-bond donors (Lipinski definition) is 0. The van der Waals surface area contributed by atoms with Crippen molar-refractivity contribution in [2.45, 2.75) is 57.7 Å². The summed E-state index contributed by atoms with van der Waals surface area (Å²) >= 11 is 3.35. The molecule has 1 aliphatic heterocycles. The first-order chi connectivity index (χ1) is 10.6. The molecule has 2 aliphatic rings. The average molecular weight is 385 g/mol. The molecule has 3 rings (SSSR count). The molecule has 2 fully saturated rings. The van der Waals surface area contributed by atoms with Gasteiger partial charge in [0.1, 0.15) is 11.5 Å². The second-order valence-electron chi connectivity index (χ2n) is 7.22. The Balaban J connectivity index is 1.89. The molecule has 1 saturated carbocycles. The highest BCUT2D eigenvalue weighted by Gasteiger charge is 2.54. The van der Waals surface area contributed by atoms with Gasteiger partial charge >= 0.3 is 7.12 Å². The van der Waals surface area contributed by atoms with Crippen molar-refractivity contribution in [3.05, 3.63) is 45.4 Å². The van der Waals surface area contributed by atoms with Gasteiger partial charge in [-0.15, -0.1) is 0 Å². The summed E-state index contributed by atoms with van der Waals surface area (Å²) in [6.07, 6.45) is 1.34. The number of hydrogen-bond acceptors (Lipinski definition) is 2. The van der Waals surface area contributed by atoms with Crippen LogP contribution in [0.15, 0.2) is 34.0 Å². The van der Waals surface area contributed by atoms with Crippen molar-refractivity contribution < 1.29 is 18.1 Å². The van der Waals surface area contributed by atoms with Crippen LogP contribution in [0.5, 0.6) is 0 Å². The molecule has 1 atom stereocenters. The van der Waals surface area contributed by atoms with Gasteiger partial charge in [0.05, 0.1) is 11.2 Å². The Morgan fingerprint density at radius 1 is 1.22 bits per heavy atom. The fourth-order valence-electron chi connectivity index (χ4n) is 2.94. The summed E-state index contributed by atoms with van der Waals surface area (Å²) in [5, 5.41) is 0. The Bertz CT molecular complexity index is 657. The summed E-state index contributed by atoms with van der Waals surface area (Å²) in [6, 6.07) is 4.77. The summed E-state index contributed by atoms with van der Waals surface area (Å²) in [6.45, 7) is 7.54. The van der Waals surface area contributed by atoms with Crippen LogP contribution in [0.25, 0.3) is 0 Å². The van der Waals surface area contributed by atoms with Gasteiger partial charge in [-0.25, -0.2) is 8.78 Å².